The second-order valence-corrected chi connectivity index (χ2v) is 5.04. The number of benzene rings is 1. The predicted molar refractivity (Wildman–Crippen MR) is 64.3 cm³/mol. The third-order valence-corrected chi connectivity index (χ3v) is 3.97. The quantitative estimate of drug-likeness (QED) is 0.779. The van der Waals surface area contributed by atoms with Crippen molar-refractivity contribution in [3.05, 3.63) is 35.4 Å². The Morgan fingerprint density at radius 3 is 2.88 bits per heavy atom. The molecule has 1 fully saturated rings. The summed E-state index contributed by atoms with van der Waals surface area (Å²) in [6.07, 6.45) is 4.61. The van der Waals surface area contributed by atoms with Gasteiger partial charge in [-0.05, 0) is 36.8 Å². The molecule has 0 aromatic heterocycles. The van der Waals surface area contributed by atoms with E-state index in [1.54, 1.807) is 0 Å². The molecule has 0 saturated carbocycles. The van der Waals surface area contributed by atoms with E-state index in [1.807, 2.05) is 0 Å². The Hall–Kier alpha value is -0.860. The number of aliphatic hydroxyl groups excluding tert-OH is 1. The minimum atomic E-state index is -0.103. The van der Waals surface area contributed by atoms with E-state index in [9.17, 15) is 5.11 Å². The number of likely N-dealkylation sites (tertiary alicyclic amines) is 1. The normalized spacial score (nSPS) is 30.3. The Morgan fingerprint density at radius 1 is 1.19 bits per heavy atom. The first-order valence-corrected chi connectivity index (χ1v) is 6.34. The van der Waals surface area contributed by atoms with Gasteiger partial charge in [0.25, 0.3) is 0 Å². The molecule has 0 spiro atoms. The average Bonchev–Trinajstić information content (AvgIpc) is 2.75. The summed E-state index contributed by atoms with van der Waals surface area (Å²) >= 11 is 0. The molecule has 2 atom stereocenters. The van der Waals surface area contributed by atoms with Gasteiger partial charge in [-0.15, -0.1) is 0 Å². The van der Waals surface area contributed by atoms with Crippen molar-refractivity contribution in [2.75, 3.05) is 13.1 Å². The van der Waals surface area contributed by atoms with Gasteiger partial charge in [0.2, 0.25) is 0 Å². The van der Waals surface area contributed by atoms with Crippen LogP contribution < -0.4 is 0 Å². The van der Waals surface area contributed by atoms with Gasteiger partial charge < -0.3 is 5.11 Å². The summed E-state index contributed by atoms with van der Waals surface area (Å²) < 4.78 is 0. The van der Waals surface area contributed by atoms with Gasteiger partial charge in [0.15, 0.2) is 0 Å². The van der Waals surface area contributed by atoms with Gasteiger partial charge in [0.05, 0.1) is 6.10 Å². The lowest BCUT2D eigenvalue weighted by atomic mass is 9.87. The maximum atomic E-state index is 9.64. The fourth-order valence-electron chi connectivity index (χ4n) is 3.16. The molecule has 1 saturated heterocycles. The molecule has 2 heteroatoms. The zero-order valence-electron chi connectivity index (χ0n) is 9.60. The smallest absolute Gasteiger partial charge is 0.0679 e. The first-order valence-electron chi connectivity index (χ1n) is 6.34. The van der Waals surface area contributed by atoms with E-state index >= 15 is 0 Å². The molecule has 2 aliphatic rings. The number of fused-ring (bicyclic) bond motifs is 1. The molecular weight excluding hydrogens is 198 g/mol. The number of β-amino-alcohol motifs (C(OH)–C–C–N with tert-alkyl or cyclic N) is 1. The lowest BCUT2D eigenvalue weighted by molar-refractivity contribution is 0.152. The van der Waals surface area contributed by atoms with E-state index in [4.69, 9.17) is 0 Å². The summed E-state index contributed by atoms with van der Waals surface area (Å²) in [6, 6.07) is 9.36. The Balaban J connectivity index is 1.87. The molecule has 1 N–H and O–H groups in total. The van der Waals surface area contributed by atoms with Crippen molar-refractivity contribution >= 4 is 0 Å². The monoisotopic (exact) mass is 217 g/mol. The van der Waals surface area contributed by atoms with Crippen molar-refractivity contribution < 1.29 is 5.11 Å². The number of aryl methyl sites for hydroxylation is 1. The topological polar surface area (TPSA) is 23.5 Å². The predicted octanol–water partition coefficient (Wildman–Crippen LogP) is 2.13. The van der Waals surface area contributed by atoms with E-state index in [0.29, 0.717) is 6.04 Å². The maximum absolute atomic E-state index is 9.64. The van der Waals surface area contributed by atoms with Crippen molar-refractivity contribution in [2.45, 2.75) is 37.8 Å². The van der Waals surface area contributed by atoms with Crippen LogP contribution in [0.2, 0.25) is 0 Å². The van der Waals surface area contributed by atoms with E-state index in [1.165, 1.54) is 30.4 Å². The van der Waals surface area contributed by atoms with Crippen molar-refractivity contribution in [1.29, 1.82) is 0 Å². The standard InChI is InChI=1S/C14H19NO/c16-12-8-9-15(10-12)14-7-3-5-11-4-1-2-6-13(11)14/h1-2,4,6,12,14,16H,3,5,7-10H2. The molecule has 0 radical (unpaired) electrons. The van der Waals surface area contributed by atoms with Crippen molar-refractivity contribution in [3.8, 4) is 0 Å². The highest BCUT2D eigenvalue weighted by molar-refractivity contribution is 5.32. The van der Waals surface area contributed by atoms with Gasteiger partial charge in [-0.1, -0.05) is 24.3 Å². The van der Waals surface area contributed by atoms with Crippen LogP contribution in [0.25, 0.3) is 0 Å². The minimum Gasteiger partial charge on any atom is -0.392 e. The highest BCUT2D eigenvalue weighted by Gasteiger charge is 2.30. The molecule has 1 aliphatic carbocycles. The summed E-state index contributed by atoms with van der Waals surface area (Å²) in [5, 5.41) is 9.64. The van der Waals surface area contributed by atoms with Gasteiger partial charge in [0.1, 0.15) is 0 Å². The second-order valence-electron chi connectivity index (χ2n) is 5.04. The summed E-state index contributed by atoms with van der Waals surface area (Å²) in [5.41, 5.74) is 3.02. The molecule has 1 aromatic rings. The summed E-state index contributed by atoms with van der Waals surface area (Å²) in [5.74, 6) is 0. The van der Waals surface area contributed by atoms with Crippen LogP contribution in [0.5, 0.6) is 0 Å². The van der Waals surface area contributed by atoms with Crippen molar-refractivity contribution in [3.63, 3.8) is 0 Å². The Bertz CT molecular complexity index is 377. The molecule has 2 unspecified atom stereocenters. The van der Waals surface area contributed by atoms with E-state index in [0.717, 1.165) is 19.5 Å². The van der Waals surface area contributed by atoms with Crippen LogP contribution >= 0.6 is 0 Å². The number of aliphatic hydroxyl groups is 1. The number of rotatable bonds is 1. The third kappa shape index (κ3) is 1.76. The molecular formula is C14H19NO. The van der Waals surface area contributed by atoms with Crippen LogP contribution in [0.1, 0.15) is 36.4 Å². The zero-order valence-corrected chi connectivity index (χ0v) is 9.60. The molecule has 0 bridgehead atoms. The lowest BCUT2D eigenvalue weighted by Crippen LogP contribution is -2.30. The van der Waals surface area contributed by atoms with Crippen LogP contribution in [-0.2, 0) is 6.42 Å². The fraction of sp³-hybridized carbons (Fsp3) is 0.571. The highest BCUT2D eigenvalue weighted by atomic mass is 16.3. The SMILES string of the molecule is OC1CCN(C2CCCc3ccccc32)C1. The van der Waals surface area contributed by atoms with E-state index in [-0.39, 0.29) is 6.10 Å². The highest BCUT2D eigenvalue weighted by Crippen LogP contribution is 2.35. The summed E-state index contributed by atoms with van der Waals surface area (Å²) in [4.78, 5) is 2.46. The third-order valence-electron chi connectivity index (χ3n) is 3.97. The number of hydrogen-bond donors (Lipinski definition) is 1. The molecule has 2 nitrogen and oxygen atoms in total. The lowest BCUT2D eigenvalue weighted by Gasteiger charge is -2.33. The summed E-state index contributed by atoms with van der Waals surface area (Å²) in [7, 11) is 0. The van der Waals surface area contributed by atoms with Crippen LogP contribution in [-0.4, -0.2) is 29.2 Å². The molecule has 1 aliphatic heterocycles. The van der Waals surface area contributed by atoms with E-state index in [2.05, 4.69) is 29.2 Å². The Morgan fingerprint density at radius 2 is 2.06 bits per heavy atom. The first kappa shape index (κ1) is 10.3. The van der Waals surface area contributed by atoms with Gasteiger partial charge in [-0.2, -0.15) is 0 Å². The molecule has 1 aromatic carbocycles. The molecule has 16 heavy (non-hydrogen) atoms. The second kappa shape index (κ2) is 4.19. The van der Waals surface area contributed by atoms with E-state index < -0.39 is 0 Å². The van der Waals surface area contributed by atoms with Crippen LogP contribution in [0.15, 0.2) is 24.3 Å². The van der Waals surface area contributed by atoms with Gasteiger partial charge in [-0.3, -0.25) is 4.90 Å². The summed E-state index contributed by atoms with van der Waals surface area (Å²) in [6.45, 7) is 1.92. The minimum absolute atomic E-state index is 0.103. The van der Waals surface area contributed by atoms with Gasteiger partial charge >= 0.3 is 0 Å². The zero-order chi connectivity index (χ0) is 11.0. The first-order chi connectivity index (χ1) is 7.84. The Kier molecular flexibility index (Phi) is 2.70. The number of nitrogens with zero attached hydrogens (tertiary/aromatic N) is 1. The average molecular weight is 217 g/mol. The molecule has 1 heterocycles. The largest absolute Gasteiger partial charge is 0.392 e. The van der Waals surface area contributed by atoms with Crippen molar-refractivity contribution in [1.82, 2.24) is 4.90 Å². The van der Waals surface area contributed by atoms with Crippen LogP contribution in [0.3, 0.4) is 0 Å². The molecule has 86 valence electrons. The molecule has 3 rings (SSSR count). The Labute approximate surface area is 96.9 Å². The molecule has 0 amide bonds. The van der Waals surface area contributed by atoms with Gasteiger partial charge in [-0.25, -0.2) is 0 Å². The fourth-order valence-corrected chi connectivity index (χ4v) is 3.16. The van der Waals surface area contributed by atoms with Crippen LogP contribution in [0.4, 0.5) is 0 Å². The van der Waals surface area contributed by atoms with Gasteiger partial charge in [0, 0.05) is 19.1 Å². The number of hydrogen-bond acceptors (Lipinski definition) is 2. The van der Waals surface area contributed by atoms with Crippen LogP contribution in [0, 0.1) is 0 Å². The maximum Gasteiger partial charge on any atom is 0.0679 e. The van der Waals surface area contributed by atoms with Crippen molar-refractivity contribution in [2.24, 2.45) is 0 Å².